The van der Waals surface area contributed by atoms with Gasteiger partial charge in [-0.25, -0.2) is 9.97 Å². The highest BCUT2D eigenvalue weighted by molar-refractivity contribution is 9.10. The molecule has 0 aromatic carbocycles. The van der Waals surface area contributed by atoms with Gasteiger partial charge in [-0.05, 0) is 22.2 Å². The highest BCUT2D eigenvalue weighted by Crippen LogP contribution is 2.20. The number of hydrogen-bond donors (Lipinski definition) is 2. The zero-order valence-corrected chi connectivity index (χ0v) is 9.15. The number of nitrogens with zero attached hydrogens (tertiary/aromatic N) is 2. The average molecular weight is 263 g/mol. The average Bonchev–Trinajstić information content (AvgIpc) is 2.17. The van der Waals surface area contributed by atoms with Crippen molar-refractivity contribution in [2.75, 3.05) is 11.7 Å². The molecule has 0 fully saturated rings. The Morgan fingerprint density at radius 2 is 2.46 bits per heavy atom. The van der Waals surface area contributed by atoms with Gasteiger partial charge in [-0.2, -0.15) is 0 Å². The molecule has 5 nitrogen and oxygen atoms in total. The van der Waals surface area contributed by atoms with Crippen LogP contribution in [-0.4, -0.2) is 22.6 Å². The Labute approximate surface area is 87.8 Å². The number of halogens is 1. The summed E-state index contributed by atoms with van der Waals surface area (Å²) in [7, 11) is 0. The van der Waals surface area contributed by atoms with Gasteiger partial charge in [0.05, 0.1) is 4.47 Å². The zero-order chi connectivity index (χ0) is 9.68. The van der Waals surface area contributed by atoms with Gasteiger partial charge in [0.2, 0.25) is 6.41 Å². The third kappa shape index (κ3) is 2.85. The van der Waals surface area contributed by atoms with Crippen LogP contribution in [0.3, 0.4) is 0 Å². The molecule has 2 N–H and O–H groups in total. The van der Waals surface area contributed by atoms with E-state index >= 15 is 0 Å². The normalized spacial score (nSPS) is 9.38. The monoisotopic (exact) mass is 262 g/mol. The van der Waals surface area contributed by atoms with Crippen molar-refractivity contribution in [3.05, 3.63) is 10.7 Å². The molecule has 0 aliphatic rings. The second-order valence-electron chi connectivity index (χ2n) is 1.94. The fraction of sp³-hybridized carbons (Fsp3) is 0.167. The fourth-order valence-electron chi connectivity index (χ4n) is 0.635. The minimum atomic E-state index is 0.534. The topological polar surface area (TPSA) is 66.9 Å². The number of rotatable bonds is 4. The molecule has 1 aromatic rings. The van der Waals surface area contributed by atoms with Crippen LogP contribution in [0.4, 0.5) is 5.82 Å². The van der Waals surface area contributed by atoms with E-state index in [4.69, 9.17) is 0 Å². The lowest BCUT2D eigenvalue weighted by molar-refractivity contribution is -0.109. The summed E-state index contributed by atoms with van der Waals surface area (Å²) in [5, 5.41) is 0.637. The number of thioether (sulfide) groups is 1. The molecule has 13 heavy (non-hydrogen) atoms. The molecule has 0 aliphatic carbocycles. The maximum atomic E-state index is 10.0. The number of hydrazine groups is 1. The molecule has 7 heteroatoms. The smallest absolute Gasteiger partial charge is 0.225 e. The summed E-state index contributed by atoms with van der Waals surface area (Å²) in [5.74, 6) is 0.534. The van der Waals surface area contributed by atoms with Crippen LogP contribution in [0, 0.1) is 0 Å². The Kier molecular flexibility index (Phi) is 3.97. The van der Waals surface area contributed by atoms with Gasteiger partial charge < -0.3 is 0 Å². The first-order chi connectivity index (χ1) is 6.27. The van der Waals surface area contributed by atoms with Gasteiger partial charge in [-0.3, -0.25) is 15.6 Å². The lowest BCUT2D eigenvalue weighted by Crippen LogP contribution is -2.20. The summed E-state index contributed by atoms with van der Waals surface area (Å²) in [6, 6.07) is 0. The van der Waals surface area contributed by atoms with Crippen LogP contribution < -0.4 is 10.9 Å². The highest BCUT2D eigenvalue weighted by Gasteiger charge is 2.02. The van der Waals surface area contributed by atoms with E-state index in [2.05, 4.69) is 36.7 Å². The van der Waals surface area contributed by atoms with E-state index < -0.39 is 0 Å². The summed E-state index contributed by atoms with van der Waals surface area (Å²) in [4.78, 5) is 18.1. The van der Waals surface area contributed by atoms with Crippen LogP contribution in [0.1, 0.15) is 0 Å². The maximum Gasteiger partial charge on any atom is 0.225 e. The lowest BCUT2D eigenvalue weighted by Gasteiger charge is -2.05. The third-order valence-electron chi connectivity index (χ3n) is 1.15. The SMILES string of the molecule is CSc1ncc(Br)c(NNC=O)n1. The van der Waals surface area contributed by atoms with Crippen molar-refractivity contribution in [2.24, 2.45) is 0 Å². The molecule has 0 saturated heterocycles. The van der Waals surface area contributed by atoms with Crippen LogP contribution in [0.25, 0.3) is 0 Å². The summed E-state index contributed by atoms with van der Waals surface area (Å²) in [6.45, 7) is 0. The standard InChI is InChI=1S/C6H7BrN4OS/c1-13-6-8-2-4(7)5(10-6)11-9-3-12/h2-3H,1H3,(H,9,12)(H,8,10,11). The van der Waals surface area contributed by atoms with Crippen LogP contribution in [0.5, 0.6) is 0 Å². The Morgan fingerprint density at radius 1 is 1.69 bits per heavy atom. The quantitative estimate of drug-likeness (QED) is 0.367. The minimum Gasteiger partial charge on any atom is -0.281 e. The van der Waals surface area contributed by atoms with E-state index in [0.717, 1.165) is 0 Å². The second kappa shape index (κ2) is 5.03. The first-order valence-corrected chi connectivity index (χ1v) is 5.31. The van der Waals surface area contributed by atoms with Crippen molar-refractivity contribution in [3.8, 4) is 0 Å². The number of anilines is 1. The van der Waals surface area contributed by atoms with Crippen molar-refractivity contribution < 1.29 is 4.79 Å². The van der Waals surface area contributed by atoms with Crippen LogP contribution in [0.15, 0.2) is 15.8 Å². The van der Waals surface area contributed by atoms with Gasteiger partial charge in [-0.15, -0.1) is 0 Å². The molecule has 1 aromatic heterocycles. The molecule has 0 unspecified atom stereocenters. The Bertz CT molecular complexity index is 309. The largest absolute Gasteiger partial charge is 0.281 e. The van der Waals surface area contributed by atoms with Crippen LogP contribution in [-0.2, 0) is 4.79 Å². The fourth-order valence-corrected chi connectivity index (χ4v) is 1.27. The Balaban J connectivity index is 2.83. The maximum absolute atomic E-state index is 10.0. The second-order valence-corrected chi connectivity index (χ2v) is 3.57. The molecule has 0 radical (unpaired) electrons. The number of hydrogen-bond acceptors (Lipinski definition) is 5. The van der Waals surface area contributed by atoms with Gasteiger partial charge in [0.1, 0.15) is 0 Å². The minimum absolute atomic E-state index is 0.534. The van der Waals surface area contributed by atoms with Crippen molar-refractivity contribution in [1.29, 1.82) is 0 Å². The van der Waals surface area contributed by atoms with Crippen molar-refractivity contribution in [1.82, 2.24) is 15.4 Å². The molecule has 0 spiro atoms. The van der Waals surface area contributed by atoms with E-state index in [1.165, 1.54) is 11.8 Å². The molecule has 0 saturated carbocycles. The third-order valence-corrected chi connectivity index (χ3v) is 2.30. The number of aromatic nitrogens is 2. The summed E-state index contributed by atoms with van der Waals surface area (Å²) < 4.78 is 0.694. The molecule has 1 heterocycles. The van der Waals surface area contributed by atoms with E-state index in [1.807, 2.05) is 6.26 Å². The number of amides is 1. The van der Waals surface area contributed by atoms with E-state index in [-0.39, 0.29) is 0 Å². The summed E-state index contributed by atoms with van der Waals surface area (Å²) in [6.07, 6.45) is 4.03. The predicted octanol–water partition coefficient (Wildman–Crippen LogP) is 1.03. The molecule has 0 atom stereocenters. The predicted molar refractivity (Wildman–Crippen MR) is 54.3 cm³/mol. The molecule has 0 aliphatic heterocycles. The molecule has 70 valence electrons. The van der Waals surface area contributed by atoms with Gasteiger partial charge in [0.25, 0.3) is 0 Å². The lowest BCUT2D eigenvalue weighted by atomic mass is 10.6. The van der Waals surface area contributed by atoms with Gasteiger partial charge in [-0.1, -0.05) is 11.8 Å². The zero-order valence-electron chi connectivity index (χ0n) is 6.74. The van der Waals surface area contributed by atoms with Crippen LogP contribution in [0.2, 0.25) is 0 Å². The van der Waals surface area contributed by atoms with Gasteiger partial charge in [0, 0.05) is 6.20 Å². The van der Waals surface area contributed by atoms with Crippen molar-refractivity contribution in [2.45, 2.75) is 5.16 Å². The van der Waals surface area contributed by atoms with E-state index in [1.54, 1.807) is 6.20 Å². The van der Waals surface area contributed by atoms with Crippen molar-refractivity contribution in [3.63, 3.8) is 0 Å². The molecule has 1 amide bonds. The van der Waals surface area contributed by atoms with Crippen LogP contribution >= 0.6 is 27.7 Å². The van der Waals surface area contributed by atoms with Crippen molar-refractivity contribution >= 4 is 39.9 Å². The highest BCUT2D eigenvalue weighted by atomic mass is 79.9. The number of carbonyl (C=O) groups excluding carboxylic acids is 1. The number of carbonyl (C=O) groups is 1. The molecule has 0 bridgehead atoms. The summed E-state index contributed by atoms with van der Waals surface area (Å²) >= 11 is 4.66. The van der Waals surface area contributed by atoms with E-state index in [0.29, 0.717) is 21.9 Å². The summed E-state index contributed by atoms with van der Waals surface area (Å²) in [5.41, 5.74) is 4.90. The molecular weight excluding hydrogens is 256 g/mol. The van der Waals surface area contributed by atoms with E-state index in [9.17, 15) is 4.79 Å². The Morgan fingerprint density at radius 3 is 3.08 bits per heavy atom. The molecule has 1 rings (SSSR count). The number of nitrogens with one attached hydrogen (secondary N) is 2. The molecular formula is C6H7BrN4OS. The first kappa shape index (κ1) is 10.3. The first-order valence-electron chi connectivity index (χ1n) is 3.29. The van der Waals surface area contributed by atoms with Gasteiger partial charge >= 0.3 is 0 Å². The Hall–Kier alpha value is -0.820. The van der Waals surface area contributed by atoms with Gasteiger partial charge in [0.15, 0.2) is 11.0 Å².